The topological polar surface area (TPSA) is 43.6 Å². The molecule has 0 aliphatic heterocycles. The lowest BCUT2D eigenvalue weighted by molar-refractivity contribution is 0.669. The molecule has 2 heterocycles. The van der Waals surface area contributed by atoms with Crippen LogP contribution >= 0.6 is 11.8 Å². The molecule has 116 valence electrons. The third-order valence-corrected chi connectivity index (χ3v) is 5.11. The van der Waals surface area contributed by atoms with Crippen LogP contribution in [-0.4, -0.2) is 19.7 Å². The number of thioether (sulfide) groups is 1. The molecule has 0 spiro atoms. The van der Waals surface area contributed by atoms with Gasteiger partial charge in [-0.05, 0) is 43.0 Å². The van der Waals surface area contributed by atoms with E-state index in [-0.39, 0.29) is 0 Å². The third-order valence-electron chi connectivity index (χ3n) is 4.11. The summed E-state index contributed by atoms with van der Waals surface area (Å²) < 4.78 is 2.29. The predicted molar refractivity (Wildman–Crippen MR) is 92.3 cm³/mol. The summed E-state index contributed by atoms with van der Waals surface area (Å²) in [6.07, 6.45) is 6.07. The standard InChI is InChI=1S/C18H18N4S/c1-13-5-2-3-6-15(13)12-23-18-21-20-17(22(18)16-8-9-16)14-7-4-10-19-11-14/h2-7,10-11,16H,8-9,12H2,1H3. The van der Waals surface area contributed by atoms with Crippen LogP contribution in [0.5, 0.6) is 0 Å². The average Bonchev–Trinajstić information content (AvgIpc) is 3.34. The molecule has 0 atom stereocenters. The van der Waals surface area contributed by atoms with Gasteiger partial charge >= 0.3 is 0 Å². The monoisotopic (exact) mass is 322 g/mol. The number of aromatic nitrogens is 4. The number of hydrogen-bond acceptors (Lipinski definition) is 4. The Morgan fingerprint density at radius 2 is 2.00 bits per heavy atom. The molecule has 0 radical (unpaired) electrons. The lowest BCUT2D eigenvalue weighted by atomic mass is 10.1. The highest BCUT2D eigenvalue weighted by atomic mass is 32.2. The van der Waals surface area contributed by atoms with Gasteiger partial charge in [0.15, 0.2) is 11.0 Å². The fourth-order valence-corrected chi connectivity index (χ4v) is 3.73. The van der Waals surface area contributed by atoms with Gasteiger partial charge in [-0.15, -0.1) is 10.2 Å². The zero-order valence-electron chi connectivity index (χ0n) is 13.0. The molecular formula is C18H18N4S. The van der Waals surface area contributed by atoms with Crippen LogP contribution in [0.4, 0.5) is 0 Å². The van der Waals surface area contributed by atoms with Crippen molar-refractivity contribution >= 4 is 11.8 Å². The molecule has 0 amide bonds. The number of aryl methyl sites for hydroxylation is 1. The number of rotatable bonds is 5. The van der Waals surface area contributed by atoms with E-state index in [1.54, 1.807) is 18.0 Å². The Morgan fingerprint density at radius 3 is 2.74 bits per heavy atom. The average molecular weight is 322 g/mol. The van der Waals surface area contributed by atoms with E-state index < -0.39 is 0 Å². The van der Waals surface area contributed by atoms with E-state index in [2.05, 4.69) is 50.9 Å². The Kier molecular flexibility index (Phi) is 3.87. The highest BCUT2D eigenvalue weighted by molar-refractivity contribution is 7.98. The smallest absolute Gasteiger partial charge is 0.192 e. The number of hydrogen-bond donors (Lipinski definition) is 0. The van der Waals surface area contributed by atoms with Crippen LogP contribution in [-0.2, 0) is 5.75 Å². The summed E-state index contributed by atoms with van der Waals surface area (Å²) in [6.45, 7) is 2.16. The summed E-state index contributed by atoms with van der Waals surface area (Å²) in [5.41, 5.74) is 3.71. The molecule has 0 unspecified atom stereocenters. The molecular weight excluding hydrogens is 304 g/mol. The van der Waals surface area contributed by atoms with Crippen LogP contribution in [0.2, 0.25) is 0 Å². The van der Waals surface area contributed by atoms with Gasteiger partial charge in [0.25, 0.3) is 0 Å². The van der Waals surface area contributed by atoms with Gasteiger partial charge in [0.2, 0.25) is 0 Å². The Bertz CT molecular complexity index is 809. The van der Waals surface area contributed by atoms with Crippen molar-refractivity contribution in [2.45, 2.75) is 36.7 Å². The molecule has 4 rings (SSSR count). The van der Waals surface area contributed by atoms with Gasteiger partial charge in [-0.1, -0.05) is 36.0 Å². The molecule has 1 aliphatic carbocycles. The third kappa shape index (κ3) is 3.01. The van der Waals surface area contributed by atoms with E-state index in [1.165, 1.54) is 24.0 Å². The maximum Gasteiger partial charge on any atom is 0.192 e. The van der Waals surface area contributed by atoms with Crippen molar-refractivity contribution in [3.05, 3.63) is 59.9 Å². The van der Waals surface area contributed by atoms with Crippen molar-refractivity contribution in [1.29, 1.82) is 0 Å². The van der Waals surface area contributed by atoms with E-state index in [9.17, 15) is 0 Å². The molecule has 0 bridgehead atoms. The maximum absolute atomic E-state index is 4.45. The number of nitrogens with zero attached hydrogens (tertiary/aromatic N) is 4. The van der Waals surface area contributed by atoms with Crippen molar-refractivity contribution < 1.29 is 0 Å². The van der Waals surface area contributed by atoms with Gasteiger partial charge in [-0.2, -0.15) is 0 Å². The van der Waals surface area contributed by atoms with Gasteiger partial charge in [0.1, 0.15) is 0 Å². The lowest BCUT2D eigenvalue weighted by Gasteiger charge is -2.09. The molecule has 3 aromatic rings. The minimum Gasteiger partial charge on any atom is -0.299 e. The van der Waals surface area contributed by atoms with Crippen molar-refractivity contribution in [1.82, 2.24) is 19.7 Å². The molecule has 1 aliphatic rings. The molecule has 4 nitrogen and oxygen atoms in total. The van der Waals surface area contributed by atoms with Gasteiger partial charge in [0.05, 0.1) is 0 Å². The lowest BCUT2D eigenvalue weighted by Crippen LogP contribution is -2.00. The number of pyridine rings is 1. The molecule has 0 saturated heterocycles. The summed E-state index contributed by atoms with van der Waals surface area (Å²) >= 11 is 1.77. The van der Waals surface area contributed by atoms with Crippen molar-refractivity contribution in [2.75, 3.05) is 0 Å². The second-order valence-electron chi connectivity index (χ2n) is 5.86. The Hall–Kier alpha value is -2.14. The number of benzene rings is 1. The Balaban J connectivity index is 1.62. The van der Waals surface area contributed by atoms with E-state index in [0.29, 0.717) is 6.04 Å². The second kappa shape index (κ2) is 6.16. The van der Waals surface area contributed by atoms with E-state index in [4.69, 9.17) is 0 Å². The van der Waals surface area contributed by atoms with E-state index in [0.717, 1.165) is 22.3 Å². The first-order valence-corrected chi connectivity index (χ1v) is 8.84. The molecule has 1 saturated carbocycles. The van der Waals surface area contributed by atoms with Crippen molar-refractivity contribution in [2.24, 2.45) is 0 Å². The van der Waals surface area contributed by atoms with Crippen LogP contribution < -0.4 is 0 Å². The normalized spacial score (nSPS) is 14.1. The molecule has 1 fully saturated rings. The summed E-state index contributed by atoms with van der Waals surface area (Å²) in [7, 11) is 0. The van der Waals surface area contributed by atoms with Gasteiger partial charge in [-0.25, -0.2) is 0 Å². The fourth-order valence-electron chi connectivity index (χ4n) is 2.64. The Morgan fingerprint density at radius 1 is 1.13 bits per heavy atom. The summed E-state index contributed by atoms with van der Waals surface area (Å²) in [5, 5.41) is 9.89. The van der Waals surface area contributed by atoms with Crippen LogP contribution in [0.25, 0.3) is 11.4 Å². The van der Waals surface area contributed by atoms with E-state index in [1.807, 2.05) is 18.3 Å². The minimum absolute atomic E-state index is 0.541. The van der Waals surface area contributed by atoms with Gasteiger partial charge in [0, 0.05) is 29.8 Å². The van der Waals surface area contributed by atoms with Crippen LogP contribution in [0.15, 0.2) is 53.9 Å². The quantitative estimate of drug-likeness (QED) is 0.658. The maximum atomic E-state index is 4.45. The summed E-state index contributed by atoms with van der Waals surface area (Å²) in [5.74, 6) is 1.86. The van der Waals surface area contributed by atoms with Crippen LogP contribution in [0.1, 0.15) is 30.0 Å². The zero-order chi connectivity index (χ0) is 15.6. The summed E-state index contributed by atoms with van der Waals surface area (Å²) in [4.78, 5) is 4.21. The highest BCUT2D eigenvalue weighted by Crippen LogP contribution is 2.41. The molecule has 2 aromatic heterocycles. The highest BCUT2D eigenvalue weighted by Gasteiger charge is 2.30. The van der Waals surface area contributed by atoms with Crippen molar-refractivity contribution in [3.63, 3.8) is 0 Å². The predicted octanol–water partition coefficient (Wildman–Crippen LogP) is 4.28. The van der Waals surface area contributed by atoms with Gasteiger partial charge in [-0.3, -0.25) is 9.55 Å². The molecule has 23 heavy (non-hydrogen) atoms. The largest absolute Gasteiger partial charge is 0.299 e. The first-order valence-electron chi connectivity index (χ1n) is 7.85. The van der Waals surface area contributed by atoms with Crippen molar-refractivity contribution in [3.8, 4) is 11.4 Å². The van der Waals surface area contributed by atoms with Crippen LogP contribution in [0, 0.1) is 6.92 Å². The first kappa shape index (κ1) is 14.5. The van der Waals surface area contributed by atoms with Gasteiger partial charge < -0.3 is 0 Å². The van der Waals surface area contributed by atoms with Crippen LogP contribution in [0.3, 0.4) is 0 Å². The Labute approximate surface area is 140 Å². The minimum atomic E-state index is 0.541. The molecule has 5 heteroatoms. The first-order chi connectivity index (χ1) is 11.3. The molecule has 1 aromatic carbocycles. The summed E-state index contributed by atoms with van der Waals surface area (Å²) in [6, 6.07) is 13.0. The molecule has 0 N–H and O–H groups in total. The second-order valence-corrected chi connectivity index (χ2v) is 6.81. The fraction of sp³-hybridized carbons (Fsp3) is 0.278. The van der Waals surface area contributed by atoms with E-state index >= 15 is 0 Å². The SMILES string of the molecule is Cc1ccccc1CSc1nnc(-c2cccnc2)n1C1CC1. The zero-order valence-corrected chi connectivity index (χ0v) is 13.8.